The first-order chi connectivity index (χ1) is 8.67. The summed E-state index contributed by atoms with van der Waals surface area (Å²) in [4.78, 5) is 11.3. The predicted molar refractivity (Wildman–Crippen MR) is 68.6 cm³/mol. The van der Waals surface area contributed by atoms with E-state index in [4.69, 9.17) is 14.2 Å². The molecule has 0 fully saturated rings. The van der Waals surface area contributed by atoms with Gasteiger partial charge in [0.25, 0.3) is 0 Å². The summed E-state index contributed by atoms with van der Waals surface area (Å²) in [6, 6.07) is 7.18. The van der Waals surface area contributed by atoms with Crippen molar-refractivity contribution in [1.29, 1.82) is 0 Å². The van der Waals surface area contributed by atoms with Gasteiger partial charge in [-0.2, -0.15) is 0 Å². The number of hydrogen-bond acceptors (Lipinski definition) is 4. The number of ether oxygens (including phenoxy) is 3. The Morgan fingerprint density at radius 2 is 1.72 bits per heavy atom. The van der Waals surface area contributed by atoms with Gasteiger partial charge in [-0.3, -0.25) is 0 Å². The molecule has 0 saturated carbocycles. The molecule has 0 spiro atoms. The molecule has 4 heteroatoms. The zero-order valence-corrected chi connectivity index (χ0v) is 10.9. The summed E-state index contributed by atoms with van der Waals surface area (Å²) in [6.45, 7) is 6.32. The molecule has 0 atom stereocenters. The van der Waals surface area contributed by atoms with Crippen LogP contribution in [0.15, 0.2) is 36.1 Å². The quantitative estimate of drug-likeness (QED) is 0.442. The van der Waals surface area contributed by atoms with Crippen molar-refractivity contribution in [2.75, 3.05) is 13.2 Å². The summed E-state index contributed by atoms with van der Waals surface area (Å²) in [5, 5.41) is 0. The maximum atomic E-state index is 11.3. The van der Waals surface area contributed by atoms with Crippen molar-refractivity contribution in [3.63, 3.8) is 0 Å². The highest BCUT2D eigenvalue weighted by atomic mass is 16.5. The van der Waals surface area contributed by atoms with Crippen LogP contribution in [0.25, 0.3) is 0 Å². The van der Waals surface area contributed by atoms with E-state index in [1.54, 1.807) is 26.0 Å². The van der Waals surface area contributed by atoms with Crippen LogP contribution < -0.4 is 9.47 Å². The molecule has 4 nitrogen and oxygen atoms in total. The van der Waals surface area contributed by atoms with E-state index in [9.17, 15) is 4.79 Å². The summed E-state index contributed by atoms with van der Waals surface area (Å²) >= 11 is 0. The fourth-order valence-corrected chi connectivity index (χ4v) is 1.23. The van der Waals surface area contributed by atoms with Gasteiger partial charge in [0.1, 0.15) is 17.8 Å². The van der Waals surface area contributed by atoms with Gasteiger partial charge in [0.2, 0.25) is 0 Å². The van der Waals surface area contributed by atoms with Gasteiger partial charge in [-0.05, 0) is 45.0 Å². The van der Waals surface area contributed by atoms with Gasteiger partial charge >= 0.3 is 5.97 Å². The Balaban J connectivity index is 2.57. The highest BCUT2D eigenvalue weighted by Gasteiger charge is 2.04. The predicted octanol–water partition coefficient (Wildman–Crippen LogP) is 2.93. The molecule has 0 bridgehead atoms. The molecule has 1 aromatic rings. The minimum atomic E-state index is -0.372. The average molecular weight is 250 g/mol. The Labute approximate surface area is 107 Å². The topological polar surface area (TPSA) is 44.8 Å². The summed E-state index contributed by atoms with van der Waals surface area (Å²) in [5.74, 6) is 1.06. The van der Waals surface area contributed by atoms with Crippen molar-refractivity contribution in [1.82, 2.24) is 0 Å². The van der Waals surface area contributed by atoms with Crippen LogP contribution in [0, 0.1) is 0 Å². The molecular formula is C14H18O4. The Bertz CT molecular complexity index is 406. The second kappa shape index (κ2) is 7.37. The lowest BCUT2D eigenvalue weighted by molar-refractivity contribution is -0.138. The highest BCUT2D eigenvalue weighted by Crippen LogP contribution is 2.18. The summed E-state index contributed by atoms with van der Waals surface area (Å²) in [7, 11) is 0. The Morgan fingerprint density at radius 1 is 1.11 bits per heavy atom. The molecule has 0 aliphatic carbocycles. The molecule has 0 aromatic heterocycles. The van der Waals surface area contributed by atoms with Crippen LogP contribution in [0.4, 0.5) is 0 Å². The van der Waals surface area contributed by atoms with Crippen molar-refractivity contribution < 1.29 is 19.0 Å². The van der Waals surface area contributed by atoms with Gasteiger partial charge in [-0.15, -0.1) is 0 Å². The van der Waals surface area contributed by atoms with E-state index in [1.807, 2.05) is 19.1 Å². The van der Waals surface area contributed by atoms with E-state index in [0.717, 1.165) is 5.75 Å². The number of rotatable bonds is 6. The third kappa shape index (κ3) is 4.49. The second-order valence-electron chi connectivity index (χ2n) is 3.54. The summed E-state index contributed by atoms with van der Waals surface area (Å²) in [6.07, 6.45) is 1.38. The number of esters is 1. The molecular weight excluding hydrogens is 232 g/mol. The van der Waals surface area contributed by atoms with Crippen molar-refractivity contribution in [3.8, 4) is 11.5 Å². The molecule has 1 aromatic carbocycles. The van der Waals surface area contributed by atoms with E-state index in [2.05, 4.69) is 0 Å². The standard InChI is InChI=1S/C14H18O4/c1-4-16-12-6-8-13(9-7-12)18-10-11(3)14(15)17-5-2/h6-10H,4-5H2,1-3H3. The molecule has 18 heavy (non-hydrogen) atoms. The zero-order valence-electron chi connectivity index (χ0n) is 10.9. The third-order valence-electron chi connectivity index (χ3n) is 2.10. The Morgan fingerprint density at radius 3 is 2.28 bits per heavy atom. The fraction of sp³-hybridized carbons (Fsp3) is 0.357. The van der Waals surface area contributed by atoms with Gasteiger partial charge in [-0.25, -0.2) is 4.79 Å². The van der Waals surface area contributed by atoms with Crippen LogP contribution in [0.3, 0.4) is 0 Å². The number of carbonyl (C=O) groups is 1. The molecule has 0 unspecified atom stereocenters. The van der Waals surface area contributed by atoms with Crippen LogP contribution in [0.1, 0.15) is 20.8 Å². The molecule has 0 saturated heterocycles. The molecule has 0 aliphatic rings. The lowest BCUT2D eigenvalue weighted by Crippen LogP contribution is -2.06. The van der Waals surface area contributed by atoms with Gasteiger partial charge in [0, 0.05) is 0 Å². The maximum absolute atomic E-state index is 11.3. The minimum absolute atomic E-state index is 0.354. The lowest BCUT2D eigenvalue weighted by atomic mass is 10.3. The van der Waals surface area contributed by atoms with Crippen LogP contribution in [0.5, 0.6) is 11.5 Å². The van der Waals surface area contributed by atoms with Gasteiger partial charge in [-0.1, -0.05) is 0 Å². The van der Waals surface area contributed by atoms with Gasteiger partial charge < -0.3 is 14.2 Å². The highest BCUT2D eigenvalue weighted by molar-refractivity contribution is 5.87. The monoisotopic (exact) mass is 250 g/mol. The number of carbonyl (C=O) groups excluding carboxylic acids is 1. The Hall–Kier alpha value is -1.97. The van der Waals surface area contributed by atoms with Crippen molar-refractivity contribution >= 4 is 5.97 Å². The van der Waals surface area contributed by atoms with Crippen molar-refractivity contribution in [3.05, 3.63) is 36.1 Å². The molecule has 1 rings (SSSR count). The van der Waals surface area contributed by atoms with Crippen molar-refractivity contribution in [2.24, 2.45) is 0 Å². The Kier molecular flexibility index (Phi) is 5.77. The smallest absolute Gasteiger partial charge is 0.336 e. The first-order valence-corrected chi connectivity index (χ1v) is 5.90. The molecule has 0 radical (unpaired) electrons. The number of benzene rings is 1. The molecule has 0 N–H and O–H groups in total. The van der Waals surface area contributed by atoms with Crippen molar-refractivity contribution in [2.45, 2.75) is 20.8 Å². The van der Waals surface area contributed by atoms with E-state index < -0.39 is 0 Å². The first-order valence-electron chi connectivity index (χ1n) is 5.90. The molecule has 0 amide bonds. The van der Waals surface area contributed by atoms with Crippen LogP contribution in [0.2, 0.25) is 0 Å². The molecule has 0 heterocycles. The lowest BCUT2D eigenvalue weighted by Gasteiger charge is -2.05. The van der Waals surface area contributed by atoms with Gasteiger partial charge in [0.05, 0.1) is 18.8 Å². The zero-order chi connectivity index (χ0) is 13.4. The van der Waals surface area contributed by atoms with E-state index >= 15 is 0 Å². The van der Waals surface area contributed by atoms with Crippen LogP contribution >= 0.6 is 0 Å². The van der Waals surface area contributed by atoms with E-state index in [-0.39, 0.29) is 5.97 Å². The summed E-state index contributed by atoms with van der Waals surface area (Å²) < 4.78 is 15.5. The largest absolute Gasteiger partial charge is 0.494 e. The molecule has 0 aliphatic heterocycles. The fourth-order valence-electron chi connectivity index (χ4n) is 1.23. The minimum Gasteiger partial charge on any atom is -0.494 e. The average Bonchev–Trinajstić information content (AvgIpc) is 2.38. The number of hydrogen-bond donors (Lipinski definition) is 0. The van der Waals surface area contributed by atoms with E-state index in [0.29, 0.717) is 24.5 Å². The SMILES string of the molecule is CCOC(=O)C(C)=COc1ccc(OCC)cc1. The second-order valence-corrected chi connectivity index (χ2v) is 3.54. The van der Waals surface area contributed by atoms with E-state index in [1.165, 1.54) is 6.26 Å². The normalized spacial score (nSPS) is 10.9. The maximum Gasteiger partial charge on any atom is 0.336 e. The van der Waals surface area contributed by atoms with Gasteiger partial charge in [0.15, 0.2) is 0 Å². The third-order valence-corrected chi connectivity index (χ3v) is 2.10. The first kappa shape index (κ1) is 14.1. The van der Waals surface area contributed by atoms with Crippen LogP contribution in [-0.4, -0.2) is 19.2 Å². The summed E-state index contributed by atoms with van der Waals surface area (Å²) in [5.41, 5.74) is 0.422. The molecule has 98 valence electrons. The van der Waals surface area contributed by atoms with Crippen LogP contribution in [-0.2, 0) is 9.53 Å².